The van der Waals surface area contributed by atoms with Gasteiger partial charge in [-0.3, -0.25) is 4.79 Å². The lowest BCUT2D eigenvalue weighted by Crippen LogP contribution is -2.37. The molecule has 1 atom stereocenters. The van der Waals surface area contributed by atoms with Gasteiger partial charge in [-0.2, -0.15) is 13.2 Å². The van der Waals surface area contributed by atoms with Crippen LogP contribution in [0.25, 0.3) is 0 Å². The number of carboxylic acid groups (broad SMARTS) is 1. The maximum Gasteiger partial charge on any atom is 0.389 e. The molecule has 0 bridgehead atoms. The van der Waals surface area contributed by atoms with Crippen molar-refractivity contribution in [3.63, 3.8) is 0 Å². The van der Waals surface area contributed by atoms with E-state index >= 15 is 0 Å². The molecule has 1 unspecified atom stereocenters. The van der Waals surface area contributed by atoms with E-state index < -0.39 is 24.6 Å². The number of alkyl halides is 3. The molecule has 0 saturated carbocycles. The molecule has 0 aromatic rings. The number of carboxylic acids is 1. The average molecular weight is 312 g/mol. The molecule has 0 radical (unpaired) electrons. The third-order valence-corrected chi connectivity index (χ3v) is 3.10. The summed E-state index contributed by atoms with van der Waals surface area (Å²) in [5, 5.41) is 13.5. The number of nitrogens with one attached hydrogen (secondary N) is 2. The molecule has 0 aliphatic rings. The van der Waals surface area contributed by atoms with Crippen LogP contribution < -0.4 is 10.6 Å². The molecule has 0 aromatic heterocycles. The molecular formula is C13H23F3N2O3. The molecule has 0 aromatic carbocycles. The topological polar surface area (TPSA) is 78.4 Å². The molecule has 0 aliphatic heterocycles. The van der Waals surface area contributed by atoms with Crippen LogP contribution in [0.5, 0.6) is 0 Å². The van der Waals surface area contributed by atoms with Crippen LogP contribution in [0, 0.1) is 5.92 Å². The molecule has 21 heavy (non-hydrogen) atoms. The van der Waals surface area contributed by atoms with Crippen molar-refractivity contribution in [3.8, 4) is 0 Å². The lowest BCUT2D eigenvalue weighted by atomic mass is 9.97. The maximum absolute atomic E-state index is 11.9. The van der Waals surface area contributed by atoms with Gasteiger partial charge in [-0.1, -0.05) is 13.3 Å². The summed E-state index contributed by atoms with van der Waals surface area (Å²) in [5.41, 5.74) is 0. The lowest BCUT2D eigenvalue weighted by molar-refractivity contribution is -0.137. The first-order valence-corrected chi connectivity index (χ1v) is 7.04. The number of amides is 2. The number of halogens is 3. The van der Waals surface area contributed by atoms with Crippen LogP contribution >= 0.6 is 0 Å². The number of carbonyl (C=O) groups excluding carboxylic acids is 1. The van der Waals surface area contributed by atoms with Gasteiger partial charge in [0.1, 0.15) is 0 Å². The Kier molecular flexibility index (Phi) is 9.56. The molecule has 0 rings (SSSR count). The number of hydrogen-bond donors (Lipinski definition) is 3. The molecule has 3 N–H and O–H groups in total. The SMILES string of the molecule is CCC(CCNC(=O)NCCCC(F)(F)F)CCC(=O)O. The minimum Gasteiger partial charge on any atom is -0.481 e. The zero-order valence-corrected chi connectivity index (χ0v) is 12.1. The van der Waals surface area contributed by atoms with Crippen molar-refractivity contribution in [2.24, 2.45) is 5.92 Å². The molecule has 0 spiro atoms. The van der Waals surface area contributed by atoms with Crippen molar-refractivity contribution in [1.82, 2.24) is 10.6 Å². The summed E-state index contributed by atoms with van der Waals surface area (Å²) in [4.78, 5) is 21.8. The van der Waals surface area contributed by atoms with Crippen molar-refractivity contribution < 1.29 is 27.9 Å². The van der Waals surface area contributed by atoms with Crippen LogP contribution in [0.2, 0.25) is 0 Å². The quantitative estimate of drug-likeness (QED) is 0.543. The number of urea groups is 1. The highest BCUT2D eigenvalue weighted by Gasteiger charge is 2.25. The van der Waals surface area contributed by atoms with Gasteiger partial charge in [-0.15, -0.1) is 0 Å². The van der Waals surface area contributed by atoms with Crippen LogP contribution in [0.1, 0.15) is 45.4 Å². The monoisotopic (exact) mass is 312 g/mol. The predicted molar refractivity (Wildman–Crippen MR) is 72.0 cm³/mol. The minimum atomic E-state index is -4.20. The van der Waals surface area contributed by atoms with Gasteiger partial charge in [0.25, 0.3) is 0 Å². The first kappa shape index (κ1) is 19.5. The third kappa shape index (κ3) is 13.3. The van der Waals surface area contributed by atoms with Gasteiger partial charge >= 0.3 is 18.2 Å². The number of aliphatic carboxylic acids is 1. The van der Waals surface area contributed by atoms with Crippen LogP contribution in [-0.2, 0) is 4.79 Å². The molecule has 8 heteroatoms. The molecule has 0 aliphatic carbocycles. The highest BCUT2D eigenvalue weighted by atomic mass is 19.4. The smallest absolute Gasteiger partial charge is 0.389 e. The van der Waals surface area contributed by atoms with E-state index in [1.165, 1.54) is 0 Å². The summed E-state index contributed by atoms with van der Waals surface area (Å²) in [7, 11) is 0. The van der Waals surface area contributed by atoms with E-state index in [2.05, 4.69) is 10.6 Å². The fraction of sp³-hybridized carbons (Fsp3) is 0.846. The fourth-order valence-electron chi connectivity index (χ4n) is 1.82. The van der Waals surface area contributed by atoms with Crippen molar-refractivity contribution in [2.75, 3.05) is 13.1 Å². The highest BCUT2D eigenvalue weighted by Crippen LogP contribution is 2.20. The van der Waals surface area contributed by atoms with Gasteiger partial charge in [-0.05, 0) is 25.2 Å². The first-order valence-electron chi connectivity index (χ1n) is 7.04. The van der Waals surface area contributed by atoms with Gasteiger partial charge in [-0.25, -0.2) is 4.79 Å². The van der Waals surface area contributed by atoms with Gasteiger partial charge < -0.3 is 15.7 Å². The Morgan fingerprint density at radius 3 is 2.29 bits per heavy atom. The molecule has 2 amide bonds. The van der Waals surface area contributed by atoms with Crippen LogP contribution in [-0.4, -0.2) is 36.4 Å². The number of hydrogen-bond acceptors (Lipinski definition) is 2. The molecule has 0 heterocycles. The van der Waals surface area contributed by atoms with E-state index in [0.717, 1.165) is 6.42 Å². The van der Waals surface area contributed by atoms with Crippen molar-refractivity contribution in [1.29, 1.82) is 0 Å². The Bertz CT molecular complexity index is 322. The second kappa shape index (κ2) is 10.3. The zero-order valence-electron chi connectivity index (χ0n) is 12.1. The molecule has 124 valence electrons. The van der Waals surface area contributed by atoms with Crippen LogP contribution in [0.15, 0.2) is 0 Å². The third-order valence-electron chi connectivity index (χ3n) is 3.10. The Balaban J connectivity index is 3.65. The average Bonchev–Trinajstić information content (AvgIpc) is 2.37. The molecule has 0 fully saturated rings. The van der Waals surface area contributed by atoms with E-state index in [-0.39, 0.29) is 25.3 Å². The Hall–Kier alpha value is -1.47. The summed E-state index contributed by atoms with van der Waals surface area (Å²) in [6.07, 6.45) is -3.13. The second-order valence-electron chi connectivity index (χ2n) is 4.90. The summed E-state index contributed by atoms with van der Waals surface area (Å²) in [6.45, 7) is 2.30. The fourth-order valence-corrected chi connectivity index (χ4v) is 1.82. The van der Waals surface area contributed by atoms with E-state index in [0.29, 0.717) is 19.4 Å². The summed E-state index contributed by atoms with van der Waals surface area (Å²) in [5.74, 6) is -0.629. The molecular weight excluding hydrogens is 289 g/mol. The van der Waals surface area contributed by atoms with Gasteiger partial charge in [0.05, 0.1) is 0 Å². The van der Waals surface area contributed by atoms with E-state index in [1.807, 2.05) is 6.92 Å². The summed E-state index contributed by atoms with van der Waals surface area (Å²) in [6, 6.07) is -0.495. The standard InChI is InChI=1S/C13H23F3N2O3/c1-2-10(4-5-11(19)20)6-9-18-12(21)17-8-3-7-13(14,15)16/h10H,2-9H2,1H3,(H,19,20)(H2,17,18,21). The van der Waals surface area contributed by atoms with Gasteiger partial charge in [0.2, 0.25) is 0 Å². The lowest BCUT2D eigenvalue weighted by Gasteiger charge is -2.14. The van der Waals surface area contributed by atoms with Crippen molar-refractivity contribution in [3.05, 3.63) is 0 Å². The highest BCUT2D eigenvalue weighted by molar-refractivity contribution is 5.73. The first-order chi connectivity index (χ1) is 9.74. The van der Waals surface area contributed by atoms with Crippen LogP contribution in [0.3, 0.4) is 0 Å². The van der Waals surface area contributed by atoms with Crippen molar-refractivity contribution >= 4 is 12.0 Å². The molecule has 5 nitrogen and oxygen atoms in total. The summed E-state index contributed by atoms with van der Waals surface area (Å²) < 4.78 is 35.6. The van der Waals surface area contributed by atoms with Crippen molar-refractivity contribution in [2.45, 2.75) is 51.6 Å². The van der Waals surface area contributed by atoms with E-state index in [1.54, 1.807) is 0 Å². The number of carbonyl (C=O) groups is 2. The maximum atomic E-state index is 11.9. The normalized spacial score (nSPS) is 12.8. The second-order valence-corrected chi connectivity index (χ2v) is 4.90. The Labute approximate surface area is 122 Å². The van der Waals surface area contributed by atoms with Gasteiger partial charge in [0.15, 0.2) is 0 Å². The Morgan fingerprint density at radius 1 is 1.14 bits per heavy atom. The van der Waals surface area contributed by atoms with E-state index in [4.69, 9.17) is 5.11 Å². The predicted octanol–water partition coefficient (Wildman–Crippen LogP) is 2.91. The minimum absolute atomic E-state index is 0.0262. The number of rotatable bonds is 10. The largest absolute Gasteiger partial charge is 0.481 e. The molecule has 0 saturated heterocycles. The van der Waals surface area contributed by atoms with Gasteiger partial charge in [0, 0.05) is 25.9 Å². The zero-order chi connectivity index (χ0) is 16.3. The van der Waals surface area contributed by atoms with Crippen LogP contribution in [0.4, 0.5) is 18.0 Å². The van der Waals surface area contributed by atoms with E-state index in [9.17, 15) is 22.8 Å². The Morgan fingerprint density at radius 2 is 1.76 bits per heavy atom. The summed E-state index contributed by atoms with van der Waals surface area (Å²) >= 11 is 0.